The molecule has 0 amide bonds. The highest BCUT2D eigenvalue weighted by molar-refractivity contribution is 6.02. The van der Waals surface area contributed by atoms with Gasteiger partial charge in [-0.25, -0.2) is 0 Å². The van der Waals surface area contributed by atoms with E-state index < -0.39 is 5.60 Å². The minimum absolute atomic E-state index is 0.119. The van der Waals surface area contributed by atoms with Gasteiger partial charge in [-0.1, -0.05) is 54.4 Å². The van der Waals surface area contributed by atoms with Crippen LogP contribution in [-0.2, 0) is 4.79 Å². The maximum Gasteiger partial charge on any atom is 0.206 e. The van der Waals surface area contributed by atoms with Crippen LogP contribution in [0.4, 0.5) is 0 Å². The zero-order valence-electron chi connectivity index (χ0n) is 14.2. The summed E-state index contributed by atoms with van der Waals surface area (Å²) >= 11 is 0. The molecule has 3 rings (SSSR count). The summed E-state index contributed by atoms with van der Waals surface area (Å²) in [4.78, 5) is 21.1. The van der Waals surface area contributed by atoms with Gasteiger partial charge in [0.05, 0.1) is 0 Å². The van der Waals surface area contributed by atoms with Crippen LogP contribution in [-0.4, -0.2) is 18.2 Å². The van der Waals surface area contributed by atoms with Crippen LogP contribution in [0, 0.1) is 6.92 Å². The Labute approximate surface area is 143 Å². The van der Waals surface area contributed by atoms with Crippen molar-refractivity contribution in [2.45, 2.75) is 44.6 Å². The van der Waals surface area contributed by atoms with Gasteiger partial charge in [0.2, 0.25) is 5.78 Å². The van der Waals surface area contributed by atoms with E-state index in [-0.39, 0.29) is 5.78 Å². The first kappa shape index (κ1) is 17.9. The predicted molar refractivity (Wildman–Crippen MR) is 95.5 cm³/mol. The molecule has 0 saturated heterocycles. The number of benzene rings is 2. The van der Waals surface area contributed by atoms with E-state index in [0.29, 0.717) is 0 Å². The Kier molecular flexibility index (Phi) is 6.30. The lowest BCUT2D eigenvalue weighted by molar-refractivity contribution is -0.0980. The Morgan fingerprint density at radius 1 is 0.917 bits per heavy atom. The third-order valence-electron chi connectivity index (χ3n) is 4.45. The lowest BCUT2D eigenvalue weighted by Gasteiger charge is -2.36. The third kappa shape index (κ3) is 4.10. The van der Waals surface area contributed by atoms with Crippen molar-refractivity contribution in [3.8, 4) is 5.75 Å². The van der Waals surface area contributed by atoms with Crippen molar-refractivity contribution < 1.29 is 14.3 Å². The van der Waals surface area contributed by atoms with Crippen molar-refractivity contribution in [1.82, 2.24) is 0 Å². The van der Waals surface area contributed by atoms with Gasteiger partial charge in [-0.2, -0.15) is 0 Å². The number of ether oxygens (including phenoxy) is 1. The van der Waals surface area contributed by atoms with E-state index in [4.69, 9.17) is 9.53 Å². The SMILES string of the molecule is C=O.Cc1ccc(OC2(C(=O)c3ccccc3)CCCCC2)cc1. The number of hydrogen-bond acceptors (Lipinski definition) is 3. The summed E-state index contributed by atoms with van der Waals surface area (Å²) in [5, 5.41) is 0. The number of rotatable bonds is 4. The van der Waals surface area contributed by atoms with Gasteiger partial charge in [-0.3, -0.25) is 4.79 Å². The summed E-state index contributed by atoms with van der Waals surface area (Å²) in [5.41, 5.74) is 1.24. The van der Waals surface area contributed by atoms with Crippen LogP contribution >= 0.6 is 0 Å². The summed E-state index contributed by atoms with van der Waals surface area (Å²) in [5.74, 6) is 0.908. The molecule has 0 radical (unpaired) electrons. The van der Waals surface area contributed by atoms with Crippen molar-refractivity contribution in [3.63, 3.8) is 0 Å². The van der Waals surface area contributed by atoms with E-state index in [9.17, 15) is 4.79 Å². The van der Waals surface area contributed by atoms with E-state index in [2.05, 4.69) is 6.92 Å². The van der Waals surface area contributed by atoms with Gasteiger partial charge in [-0.05, 0) is 44.7 Å². The molecule has 2 aromatic carbocycles. The van der Waals surface area contributed by atoms with Crippen LogP contribution in [0.3, 0.4) is 0 Å². The molecule has 24 heavy (non-hydrogen) atoms. The Morgan fingerprint density at radius 2 is 1.50 bits per heavy atom. The van der Waals surface area contributed by atoms with Crippen LogP contribution in [0.15, 0.2) is 54.6 Å². The molecule has 0 aromatic heterocycles. The summed E-state index contributed by atoms with van der Waals surface area (Å²) in [6, 6.07) is 17.5. The molecule has 0 bridgehead atoms. The fourth-order valence-electron chi connectivity index (χ4n) is 3.18. The Balaban J connectivity index is 0.00000100. The number of ketones is 1. The predicted octanol–water partition coefficient (Wildman–Crippen LogP) is 4.77. The van der Waals surface area contributed by atoms with E-state index in [1.54, 1.807) is 0 Å². The second-order valence-electron chi connectivity index (χ2n) is 6.17. The molecule has 1 aliphatic carbocycles. The number of carbonyl (C=O) groups excluding carboxylic acids is 2. The molecule has 0 heterocycles. The van der Waals surface area contributed by atoms with Gasteiger partial charge in [0.1, 0.15) is 12.5 Å². The summed E-state index contributed by atoms with van der Waals surface area (Å²) in [7, 11) is 0. The fraction of sp³-hybridized carbons (Fsp3) is 0.333. The molecule has 0 unspecified atom stereocenters. The molecule has 0 spiro atoms. The Morgan fingerprint density at radius 3 is 2.08 bits per heavy atom. The van der Waals surface area contributed by atoms with E-state index in [0.717, 1.165) is 37.0 Å². The maximum atomic E-state index is 13.1. The minimum Gasteiger partial charge on any atom is -0.479 e. The van der Waals surface area contributed by atoms with Crippen LogP contribution in [0.25, 0.3) is 0 Å². The average molecular weight is 324 g/mol. The van der Waals surface area contributed by atoms with E-state index in [1.165, 1.54) is 12.0 Å². The second kappa shape index (κ2) is 8.44. The second-order valence-corrected chi connectivity index (χ2v) is 6.17. The molecular formula is C21H24O3. The lowest BCUT2D eigenvalue weighted by Crippen LogP contribution is -2.46. The topological polar surface area (TPSA) is 43.4 Å². The highest BCUT2D eigenvalue weighted by Gasteiger charge is 2.42. The van der Waals surface area contributed by atoms with E-state index >= 15 is 0 Å². The highest BCUT2D eigenvalue weighted by Crippen LogP contribution is 2.36. The number of Topliss-reactive ketones (excluding diaryl/α,β-unsaturated/α-hetero) is 1. The fourth-order valence-corrected chi connectivity index (χ4v) is 3.18. The highest BCUT2D eigenvalue weighted by atomic mass is 16.5. The van der Waals surface area contributed by atoms with Gasteiger partial charge in [0.15, 0.2) is 5.60 Å². The average Bonchev–Trinajstić information content (AvgIpc) is 2.66. The van der Waals surface area contributed by atoms with Crippen molar-refractivity contribution in [2.24, 2.45) is 0 Å². The van der Waals surface area contributed by atoms with Crippen LogP contribution in [0.2, 0.25) is 0 Å². The number of hydrogen-bond donors (Lipinski definition) is 0. The molecule has 1 aliphatic rings. The van der Waals surface area contributed by atoms with Gasteiger partial charge >= 0.3 is 0 Å². The standard InChI is InChI=1S/C20H22O2.CH2O/c1-16-10-12-18(13-11-16)22-20(14-6-3-7-15-20)19(21)17-8-4-2-5-9-17;1-2/h2,4-5,8-13H,3,6-7,14-15H2,1H3;1H2. The molecule has 126 valence electrons. The first-order chi connectivity index (χ1) is 11.7. The minimum atomic E-state index is -0.700. The molecule has 3 nitrogen and oxygen atoms in total. The molecule has 1 saturated carbocycles. The van der Waals surface area contributed by atoms with E-state index in [1.807, 2.05) is 61.4 Å². The summed E-state index contributed by atoms with van der Waals surface area (Å²) in [6.45, 7) is 4.05. The van der Waals surface area contributed by atoms with Crippen LogP contribution in [0.5, 0.6) is 5.75 Å². The number of aryl methyl sites for hydroxylation is 1. The van der Waals surface area contributed by atoms with Crippen molar-refractivity contribution >= 4 is 12.6 Å². The zero-order valence-corrected chi connectivity index (χ0v) is 14.2. The molecule has 0 N–H and O–H groups in total. The van der Waals surface area contributed by atoms with Crippen LogP contribution in [0.1, 0.15) is 48.0 Å². The smallest absolute Gasteiger partial charge is 0.206 e. The lowest BCUT2D eigenvalue weighted by atomic mass is 9.79. The van der Waals surface area contributed by atoms with Crippen molar-refractivity contribution in [2.75, 3.05) is 0 Å². The van der Waals surface area contributed by atoms with Crippen LogP contribution < -0.4 is 4.74 Å². The van der Waals surface area contributed by atoms with Gasteiger partial charge in [0.25, 0.3) is 0 Å². The monoisotopic (exact) mass is 324 g/mol. The molecule has 0 aliphatic heterocycles. The zero-order chi connectivity index (χ0) is 17.4. The third-order valence-corrected chi connectivity index (χ3v) is 4.45. The molecule has 0 atom stereocenters. The maximum absolute atomic E-state index is 13.1. The van der Waals surface area contributed by atoms with Crippen molar-refractivity contribution in [3.05, 3.63) is 65.7 Å². The van der Waals surface area contributed by atoms with Gasteiger partial charge < -0.3 is 9.53 Å². The van der Waals surface area contributed by atoms with Gasteiger partial charge in [0, 0.05) is 5.56 Å². The first-order valence-corrected chi connectivity index (χ1v) is 8.34. The quantitative estimate of drug-likeness (QED) is 0.761. The normalized spacial score (nSPS) is 15.7. The first-order valence-electron chi connectivity index (χ1n) is 8.34. The Bertz CT molecular complexity index is 641. The number of carbonyl (C=O) groups is 2. The summed E-state index contributed by atoms with van der Waals surface area (Å²) in [6.07, 6.45) is 4.87. The molecule has 3 heteroatoms. The molecule has 2 aromatic rings. The molecule has 1 fully saturated rings. The molecular weight excluding hydrogens is 300 g/mol. The van der Waals surface area contributed by atoms with Gasteiger partial charge in [-0.15, -0.1) is 0 Å². The summed E-state index contributed by atoms with van der Waals surface area (Å²) < 4.78 is 6.26. The Hall–Kier alpha value is -2.42. The largest absolute Gasteiger partial charge is 0.479 e. The van der Waals surface area contributed by atoms with Crippen molar-refractivity contribution in [1.29, 1.82) is 0 Å².